The minimum absolute atomic E-state index is 0.0580. The van der Waals surface area contributed by atoms with E-state index in [-0.39, 0.29) is 36.3 Å². The zero-order valence-corrected chi connectivity index (χ0v) is 26.1. The summed E-state index contributed by atoms with van der Waals surface area (Å²) in [5.74, 6) is 0.358. The Morgan fingerprint density at radius 2 is 1.95 bits per heavy atom. The van der Waals surface area contributed by atoms with Crippen LogP contribution in [0.1, 0.15) is 72.8 Å². The van der Waals surface area contributed by atoms with E-state index in [2.05, 4.69) is 34.2 Å². The van der Waals surface area contributed by atoms with Gasteiger partial charge in [0.2, 0.25) is 0 Å². The van der Waals surface area contributed by atoms with Crippen LogP contribution in [0.4, 0.5) is 19.0 Å². The lowest BCUT2D eigenvalue weighted by atomic mass is 9.97. The maximum Gasteiger partial charge on any atom is 0.416 e. The van der Waals surface area contributed by atoms with Crippen molar-refractivity contribution < 1.29 is 32.2 Å². The van der Waals surface area contributed by atoms with Gasteiger partial charge in [-0.25, -0.2) is 9.97 Å². The third-order valence-electron chi connectivity index (χ3n) is 8.65. The lowest BCUT2D eigenvalue weighted by Gasteiger charge is -2.38. The molecule has 4 rings (SSSR count). The van der Waals surface area contributed by atoms with E-state index in [9.17, 15) is 18.0 Å². The molecule has 0 radical (unpaired) electrons. The van der Waals surface area contributed by atoms with Crippen LogP contribution < -0.4 is 5.32 Å². The molecule has 0 saturated carbocycles. The van der Waals surface area contributed by atoms with Gasteiger partial charge in [0.1, 0.15) is 17.8 Å². The van der Waals surface area contributed by atoms with E-state index in [1.165, 1.54) is 18.5 Å². The molecule has 242 valence electrons. The molecule has 1 amide bonds. The number of halogens is 3. The molecular weight excluding hydrogens is 575 g/mol. The monoisotopic (exact) mass is 619 g/mol. The highest BCUT2D eigenvalue weighted by Gasteiger charge is 2.32. The lowest BCUT2D eigenvalue weighted by Crippen LogP contribution is -2.49. The Morgan fingerprint density at radius 3 is 2.59 bits per heavy atom. The topological polar surface area (TPSA) is 89.1 Å². The zero-order chi connectivity index (χ0) is 31.9. The number of nitrogens with one attached hydrogen (secondary N) is 1. The number of nitrogens with zero attached hydrogens (tertiary/aromatic N) is 4. The number of methoxy groups -OCH3 is 1. The predicted octanol–water partition coefficient (Wildman–Crippen LogP) is 5.63. The molecule has 1 saturated heterocycles. The first-order valence-corrected chi connectivity index (χ1v) is 15.2. The molecule has 1 aromatic heterocycles. The van der Waals surface area contributed by atoms with Crippen molar-refractivity contribution in [3.63, 3.8) is 0 Å². The van der Waals surface area contributed by atoms with E-state index in [1.54, 1.807) is 12.0 Å². The minimum atomic E-state index is -4.37. The number of aromatic nitrogens is 2. The average molecular weight is 620 g/mol. The molecule has 1 unspecified atom stereocenters. The number of carbonyl (C=O) groups excluding carboxylic acids is 1. The van der Waals surface area contributed by atoms with Gasteiger partial charge in [0.15, 0.2) is 0 Å². The first-order chi connectivity index (χ1) is 21.0. The van der Waals surface area contributed by atoms with Gasteiger partial charge in [-0.2, -0.15) is 13.2 Å². The van der Waals surface area contributed by atoms with Crippen LogP contribution in [0.15, 0.2) is 42.9 Å². The minimum Gasteiger partial charge on any atom is -0.379 e. The van der Waals surface area contributed by atoms with Gasteiger partial charge in [-0.05, 0) is 71.2 Å². The van der Waals surface area contributed by atoms with Crippen molar-refractivity contribution in [2.24, 2.45) is 0 Å². The molecule has 2 aliphatic heterocycles. The normalized spacial score (nSPS) is 22.2. The third kappa shape index (κ3) is 8.35. The van der Waals surface area contributed by atoms with E-state index in [0.29, 0.717) is 43.4 Å². The number of amides is 1. The summed E-state index contributed by atoms with van der Waals surface area (Å²) in [5.41, 5.74) is 1.04. The molecule has 0 spiro atoms. The van der Waals surface area contributed by atoms with Crippen LogP contribution in [0.2, 0.25) is 0 Å². The van der Waals surface area contributed by atoms with Crippen LogP contribution in [0.3, 0.4) is 0 Å². The second-order valence-electron chi connectivity index (χ2n) is 11.4. The van der Waals surface area contributed by atoms with Crippen LogP contribution in [-0.4, -0.2) is 90.4 Å². The summed E-state index contributed by atoms with van der Waals surface area (Å²) in [6.07, 6.45) is 3.60. The fraction of sp³-hybridized carbons (Fsp3) is 0.594. The fourth-order valence-corrected chi connectivity index (χ4v) is 5.73. The van der Waals surface area contributed by atoms with E-state index in [1.807, 2.05) is 26.1 Å². The largest absolute Gasteiger partial charge is 0.416 e. The highest BCUT2D eigenvalue weighted by molar-refractivity contribution is 5.95. The highest BCUT2D eigenvalue weighted by Crippen LogP contribution is 2.34. The van der Waals surface area contributed by atoms with Crippen LogP contribution in [0, 0.1) is 6.92 Å². The Kier molecular flexibility index (Phi) is 11.8. The quantitative estimate of drug-likeness (QED) is 0.327. The molecule has 1 aromatic carbocycles. The average Bonchev–Trinajstić information content (AvgIpc) is 3.03. The van der Waals surface area contributed by atoms with Gasteiger partial charge >= 0.3 is 6.18 Å². The highest BCUT2D eigenvalue weighted by atomic mass is 19.4. The SMILES string of the molecule is CCOC[C@H](OC)[C@@H](C)N(C)C1C=CN(C(=O)c2ncnc(NC[C@H]3CCC[C@@H](c4ccc(C(F)(F)F)cc4)O3)c2C)CC1. The van der Waals surface area contributed by atoms with E-state index in [4.69, 9.17) is 14.2 Å². The fourth-order valence-electron chi connectivity index (χ4n) is 5.73. The van der Waals surface area contributed by atoms with Crippen molar-refractivity contribution in [2.75, 3.05) is 45.8 Å². The van der Waals surface area contributed by atoms with Crippen molar-refractivity contribution in [3.8, 4) is 0 Å². The van der Waals surface area contributed by atoms with E-state index in [0.717, 1.165) is 43.4 Å². The van der Waals surface area contributed by atoms with Crippen molar-refractivity contribution >= 4 is 11.7 Å². The van der Waals surface area contributed by atoms with E-state index < -0.39 is 11.7 Å². The first kappa shape index (κ1) is 33.8. The van der Waals surface area contributed by atoms with Crippen molar-refractivity contribution in [3.05, 3.63) is 65.3 Å². The van der Waals surface area contributed by atoms with Gasteiger partial charge in [-0.1, -0.05) is 18.2 Å². The molecule has 5 atom stereocenters. The van der Waals surface area contributed by atoms with Gasteiger partial charge in [-0.3, -0.25) is 9.69 Å². The molecule has 0 aliphatic carbocycles. The summed E-state index contributed by atoms with van der Waals surface area (Å²) < 4.78 is 56.3. The summed E-state index contributed by atoms with van der Waals surface area (Å²) in [7, 11) is 3.75. The second-order valence-corrected chi connectivity index (χ2v) is 11.4. The maximum atomic E-state index is 13.5. The molecule has 0 bridgehead atoms. The number of alkyl halides is 3. The Labute approximate surface area is 257 Å². The van der Waals surface area contributed by atoms with E-state index >= 15 is 0 Å². The van der Waals surface area contributed by atoms with Crippen molar-refractivity contribution in [2.45, 2.75) is 83.0 Å². The number of likely N-dealkylation sites (N-methyl/N-ethyl adjacent to an activating group) is 1. The molecule has 12 heteroatoms. The summed E-state index contributed by atoms with van der Waals surface area (Å²) in [6, 6.07) is 5.45. The molecular formula is C32H44F3N5O4. The lowest BCUT2D eigenvalue weighted by molar-refractivity contribution is -0.137. The Bertz CT molecular complexity index is 1260. The Balaban J connectivity index is 1.34. The molecule has 9 nitrogen and oxygen atoms in total. The van der Waals surface area contributed by atoms with Gasteiger partial charge in [0, 0.05) is 50.7 Å². The molecule has 1 N–H and O–H groups in total. The molecule has 2 aliphatic rings. The Morgan fingerprint density at radius 1 is 1.20 bits per heavy atom. The van der Waals surface area contributed by atoms with Crippen LogP contribution >= 0.6 is 0 Å². The maximum absolute atomic E-state index is 13.5. The number of benzene rings is 1. The van der Waals surface area contributed by atoms with Crippen molar-refractivity contribution in [1.29, 1.82) is 0 Å². The van der Waals surface area contributed by atoms with Crippen LogP contribution in [0.25, 0.3) is 0 Å². The van der Waals surface area contributed by atoms with Gasteiger partial charge in [0.05, 0.1) is 30.5 Å². The Hall–Kier alpha value is -3.06. The van der Waals surface area contributed by atoms with Gasteiger partial charge < -0.3 is 24.4 Å². The number of anilines is 1. The number of rotatable bonds is 12. The molecule has 3 heterocycles. The summed E-state index contributed by atoms with van der Waals surface area (Å²) in [4.78, 5) is 26.1. The third-order valence-corrected chi connectivity index (χ3v) is 8.65. The first-order valence-electron chi connectivity index (χ1n) is 15.2. The summed E-state index contributed by atoms with van der Waals surface area (Å²) in [5, 5.41) is 3.30. The second kappa shape index (κ2) is 15.3. The number of hydrogen-bond donors (Lipinski definition) is 1. The molecule has 2 aromatic rings. The van der Waals surface area contributed by atoms with Gasteiger partial charge in [-0.15, -0.1) is 0 Å². The summed E-state index contributed by atoms with van der Waals surface area (Å²) >= 11 is 0. The smallest absolute Gasteiger partial charge is 0.379 e. The number of carbonyl (C=O) groups is 1. The molecule has 44 heavy (non-hydrogen) atoms. The number of hydrogen-bond acceptors (Lipinski definition) is 8. The predicted molar refractivity (Wildman–Crippen MR) is 161 cm³/mol. The standard InChI is InChI=1S/C32H44F3N5O4/c1-6-43-19-28(42-5)22(3)39(4)25-14-16-40(17-15-25)31(41)29-21(2)30(38-20-37-29)36-18-26-8-7-9-27(44-26)23-10-12-24(13-11-23)32(33,34)35/h10-14,16,20,22,25-28H,6-9,15,17-19H2,1-5H3,(H,36,37,38)/t22-,25?,26-,27+,28+/m1/s1. The zero-order valence-electron chi connectivity index (χ0n) is 26.1. The molecule has 1 fully saturated rings. The number of ether oxygens (including phenoxy) is 3. The van der Waals surface area contributed by atoms with Crippen LogP contribution in [-0.2, 0) is 20.4 Å². The van der Waals surface area contributed by atoms with Crippen molar-refractivity contribution in [1.82, 2.24) is 19.8 Å². The summed E-state index contributed by atoms with van der Waals surface area (Å²) in [6.45, 7) is 8.05. The van der Waals surface area contributed by atoms with Crippen LogP contribution in [0.5, 0.6) is 0 Å². The van der Waals surface area contributed by atoms with Gasteiger partial charge in [0.25, 0.3) is 5.91 Å².